The van der Waals surface area contributed by atoms with Crippen LogP contribution in [-0.4, -0.2) is 26.8 Å². The molecule has 0 aromatic carbocycles. The second-order valence-electron chi connectivity index (χ2n) is 3.16. The third kappa shape index (κ3) is 1.41. The fourth-order valence-electron chi connectivity index (χ4n) is 1.62. The minimum Gasteiger partial charge on any atom is -0.481 e. The van der Waals surface area contributed by atoms with Crippen LogP contribution in [0.5, 0.6) is 0 Å². The lowest BCUT2D eigenvalue weighted by atomic mass is 10.2. The Kier molecular flexibility index (Phi) is 1.79. The second kappa shape index (κ2) is 2.83. The van der Waals surface area contributed by atoms with Crippen LogP contribution in [-0.2, 0) is 24.2 Å². The number of fused-ring (bicyclic) bond motifs is 1. The van der Waals surface area contributed by atoms with Crippen molar-refractivity contribution in [3.63, 3.8) is 0 Å². The Morgan fingerprint density at radius 1 is 1.85 bits per heavy atom. The van der Waals surface area contributed by atoms with Crippen molar-refractivity contribution in [1.82, 2.24) is 9.55 Å². The lowest BCUT2D eigenvalue weighted by Crippen LogP contribution is -2.04. The molecule has 0 amide bonds. The SMILES string of the molecule is O=C(O)Cc1ncn2c1CC(F)C2. The molecule has 5 heteroatoms. The molecule has 0 aliphatic carbocycles. The van der Waals surface area contributed by atoms with Gasteiger partial charge in [-0.05, 0) is 0 Å². The fraction of sp³-hybridized carbons (Fsp3) is 0.500. The monoisotopic (exact) mass is 184 g/mol. The normalized spacial score (nSPS) is 20.2. The molecular weight excluding hydrogens is 175 g/mol. The molecule has 1 unspecified atom stereocenters. The molecule has 2 heterocycles. The molecule has 0 saturated carbocycles. The van der Waals surface area contributed by atoms with Gasteiger partial charge in [0.1, 0.15) is 6.17 Å². The van der Waals surface area contributed by atoms with Crippen LogP contribution in [0.25, 0.3) is 0 Å². The Hall–Kier alpha value is -1.39. The van der Waals surface area contributed by atoms with Gasteiger partial charge in [0.15, 0.2) is 0 Å². The van der Waals surface area contributed by atoms with Crippen LogP contribution in [0.4, 0.5) is 4.39 Å². The fourth-order valence-corrected chi connectivity index (χ4v) is 1.62. The van der Waals surface area contributed by atoms with E-state index in [9.17, 15) is 9.18 Å². The van der Waals surface area contributed by atoms with Crippen molar-refractivity contribution in [3.05, 3.63) is 17.7 Å². The van der Waals surface area contributed by atoms with Crippen LogP contribution in [0, 0.1) is 0 Å². The van der Waals surface area contributed by atoms with E-state index in [-0.39, 0.29) is 6.42 Å². The summed E-state index contributed by atoms with van der Waals surface area (Å²) in [6.07, 6.45) is 0.802. The van der Waals surface area contributed by atoms with Crippen molar-refractivity contribution in [2.45, 2.75) is 25.6 Å². The average Bonchev–Trinajstić information content (AvgIpc) is 2.51. The molecule has 1 N–H and O–H groups in total. The Labute approximate surface area is 74.0 Å². The summed E-state index contributed by atoms with van der Waals surface area (Å²) in [4.78, 5) is 14.3. The maximum absolute atomic E-state index is 12.9. The maximum atomic E-state index is 12.9. The molecule has 0 spiro atoms. The summed E-state index contributed by atoms with van der Waals surface area (Å²) in [7, 11) is 0. The third-order valence-corrected chi connectivity index (χ3v) is 2.16. The van der Waals surface area contributed by atoms with Crippen molar-refractivity contribution >= 4 is 5.97 Å². The number of hydrogen-bond donors (Lipinski definition) is 1. The van der Waals surface area contributed by atoms with Gasteiger partial charge in [0, 0.05) is 12.1 Å². The zero-order chi connectivity index (χ0) is 9.42. The minimum absolute atomic E-state index is 0.116. The Bertz CT molecular complexity index is 348. The first-order chi connectivity index (χ1) is 6.16. The summed E-state index contributed by atoms with van der Waals surface area (Å²) in [5, 5.41) is 8.54. The number of hydrogen-bond acceptors (Lipinski definition) is 2. The van der Waals surface area contributed by atoms with Gasteiger partial charge < -0.3 is 9.67 Å². The second-order valence-corrected chi connectivity index (χ2v) is 3.16. The van der Waals surface area contributed by atoms with E-state index in [1.165, 1.54) is 6.33 Å². The molecule has 70 valence electrons. The van der Waals surface area contributed by atoms with Crippen LogP contribution in [0.3, 0.4) is 0 Å². The Balaban J connectivity index is 2.25. The molecule has 1 aromatic rings. The first-order valence-corrected chi connectivity index (χ1v) is 4.05. The van der Waals surface area contributed by atoms with E-state index in [1.54, 1.807) is 4.57 Å². The van der Waals surface area contributed by atoms with Crippen LogP contribution in [0.2, 0.25) is 0 Å². The summed E-state index contributed by atoms with van der Waals surface area (Å²) in [5.74, 6) is -0.927. The minimum atomic E-state index is -0.927. The molecule has 1 aliphatic heterocycles. The van der Waals surface area contributed by atoms with Gasteiger partial charge >= 0.3 is 5.97 Å². The van der Waals surface area contributed by atoms with Gasteiger partial charge in [-0.2, -0.15) is 0 Å². The number of imidazole rings is 1. The van der Waals surface area contributed by atoms with E-state index in [1.807, 2.05) is 0 Å². The molecule has 0 fully saturated rings. The van der Waals surface area contributed by atoms with E-state index in [0.717, 1.165) is 5.69 Å². The van der Waals surface area contributed by atoms with Crippen molar-refractivity contribution in [2.24, 2.45) is 0 Å². The molecule has 0 bridgehead atoms. The van der Waals surface area contributed by atoms with E-state index >= 15 is 0 Å². The number of nitrogens with zero attached hydrogens (tertiary/aromatic N) is 2. The molecule has 2 rings (SSSR count). The van der Waals surface area contributed by atoms with Gasteiger partial charge in [0.25, 0.3) is 0 Å². The van der Waals surface area contributed by atoms with Crippen LogP contribution < -0.4 is 0 Å². The number of carboxylic acid groups (broad SMARTS) is 1. The molecule has 0 radical (unpaired) electrons. The lowest BCUT2D eigenvalue weighted by Gasteiger charge is -1.94. The highest BCUT2D eigenvalue weighted by Gasteiger charge is 2.24. The smallest absolute Gasteiger partial charge is 0.309 e. The average molecular weight is 184 g/mol. The van der Waals surface area contributed by atoms with Gasteiger partial charge in [-0.1, -0.05) is 0 Å². The number of carbonyl (C=O) groups is 1. The maximum Gasteiger partial charge on any atom is 0.309 e. The molecule has 0 saturated heterocycles. The van der Waals surface area contributed by atoms with Crippen molar-refractivity contribution < 1.29 is 14.3 Å². The first kappa shape index (κ1) is 8.22. The number of rotatable bonds is 2. The lowest BCUT2D eigenvalue weighted by molar-refractivity contribution is -0.136. The van der Waals surface area contributed by atoms with E-state index in [0.29, 0.717) is 18.7 Å². The van der Waals surface area contributed by atoms with Crippen molar-refractivity contribution in [1.29, 1.82) is 0 Å². The predicted molar refractivity (Wildman–Crippen MR) is 42.2 cm³/mol. The first-order valence-electron chi connectivity index (χ1n) is 4.05. The highest BCUT2D eigenvalue weighted by Crippen LogP contribution is 2.20. The number of aromatic nitrogens is 2. The Morgan fingerprint density at radius 2 is 2.62 bits per heavy atom. The summed E-state index contributed by atoms with van der Waals surface area (Å²) in [6.45, 7) is 0.307. The highest BCUT2D eigenvalue weighted by atomic mass is 19.1. The van der Waals surface area contributed by atoms with E-state index < -0.39 is 12.1 Å². The molecule has 4 nitrogen and oxygen atoms in total. The summed E-state index contributed by atoms with van der Waals surface area (Å²) in [6, 6.07) is 0. The highest BCUT2D eigenvalue weighted by molar-refractivity contribution is 5.69. The van der Waals surface area contributed by atoms with Crippen LogP contribution in [0.15, 0.2) is 6.33 Å². The molecular formula is C8H9FN2O2. The van der Waals surface area contributed by atoms with Gasteiger partial charge in [0.2, 0.25) is 0 Å². The summed E-state index contributed by atoms with van der Waals surface area (Å²) in [5.41, 5.74) is 1.22. The van der Waals surface area contributed by atoms with Gasteiger partial charge in [0.05, 0.1) is 25.0 Å². The third-order valence-electron chi connectivity index (χ3n) is 2.16. The molecule has 1 aromatic heterocycles. The summed E-state index contributed by atoms with van der Waals surface area (Å²) < 4.78 is 14.6. The van der Waals surface area contributed by atoms with Gasteiger partial charge in [-0.25, -0.2) is 9.37 Å². The number of carboxylic acids is 1. The van der Waals surface area contributed by atoms with Crippen LogP contribution >= 0.6 is 0 Å². The topological polar surface area (TPSA) is 55.1 Å². The number of halogens is 1. The van der Waals surface area contributed by atoms with E-state index in [2.05, 4.69) is 4.98 Å². The largest absolute Gasteiger partial charge is 0.481 e. The molecule has 1 atom stereocenters. The van der Waals surface area contributed by atoms with Crippen LogP contribution in [0.1, 0.15) is 11.4 Å². The zero-order valence-corrected chi connectivity index (χ0v) is 6.90. The standard InChI is InChI=1S/C8H9FN2O2/c9-5-1-7-6(2-8(12)13)10-4-11(7)3-5/h4-5H,1-3H2,(H,12,13). The van der Waals surface area contributed by atoms with Crippen molar-refractivity contribution in [3.8, 4) is 0 Å². The molecule has 13 heavy (non-hydrogen) atoms. The Morgan fingerprint density at radius 3 is 3.31 bits per heavy atom. The van der Waals surface area contributed by atoms with Gasteiger partial charge in [-0.3, -0.25) is 4.79 Å². The molecule has 1 aliphatic rings. The van der Waals surface area contributed by atoms with Gasteiger partial charge in [-0.15, -0.1) is 0 Å². The zero-order valence-electron chi connectivity index (χ0n) is 6.90. The number of aliphatic carboxylic acids is 1. The summed E-state index contributed by atoms with van der Waals surface area (Å²) >= 11 is 0. The number of alkyl halides is 1. The predicted octanol–water partition coefficient (Wildman–Crippen LogP) is 0.404. The van der Waals surface area contributed by atoms with E-state index in [4.69, 9.17) is 5.11 Å². The van der Waals surface area contributed by atoms with Crippen molar-refractivity contribution in [2.75, 3.05) is 0 Å². The quantitative estimate of drug-likeness (QED) is 0.724.